The van der Waals surface area contributed by atoms with E-state index in [-0.39, 0.29) is 11.5 Å². The van der Waals surface area contributed by atoms with Gasteiger partial charge in [0.25, 0.3) is 5.91 Å². The zero-order valence-corrected chi connectivity index (χ0v) is 17.5. The van der Waals surface area contributed by atoms with E-state index in [1.54, 1.807) is 17.0 Å². The number of halogens is 4. The molecule has 0 saturated heterocycles. The number of carbonyl (C=O) groups excluding carboxylic acids is 1. The molecular formula is C23H19ClF3N3O. The van der Waals surface area contributed by atoms with Crippen molar-refractivity contribution in [2.24, 2.45) is 0 Å². The van der Waals surface area contributed by atoms with Crippen molar-refractivity contribution in [3.05, 3.63) is 81.8 Å². The number of carbonyl (C=O) groups is 1. The molecule has 0 spiro atoms. The minimum absolute atomic E-state index is 0.235. The molecule has 0 radical (unpaired) electrons. The summed E-state index contributed by atoms with van der Waals surface area (Å²) in [5, 5.41) is 0.633. The highest BCUT2D eigenvalue weighted by Gasteiger charge is 2.30. The molecule has 0 atom stereocenters. The van der Waals surface area contributed by atoms with Crippen LogP contribution in [0, 0.1) is 6.92 Å². The van der Waals surface area contributed by atoms with Gasteiger partial charge in [-0.05, 0) is 49.7 Å². The van der Waals surface area contributed by atoms with E-state index in [1.807, 2.05) is 19.1 Å². The van der Waals surface area contributed by atoms with Crippen molar-refractivity contribution in [1.82, 2.24) is 14.9 Å². The molecule has 31 heavy (non-hydrogen) atoms. The SMILES string of the molecule is Cc1nc2c(c(-c3ccc(Cl)cc3)n1)CCN(C(=O)c1ccc(C(F)(F)F)cc1)CC2. The lowest BCUT2D eigenvalue weighted by Crippen LogP contribution is -2.33. The molecule has 0 N–H and O–H groups in total. The summed E-state index contributed by atoms with van der Waals surface area (Å²) in [7, 11) is 0. The van der Waals surface area contributed by atoms with Gasteiger partial charge in [0.2, 0.25) is 0 Å². The number of hydrogen-bond acceptors (Lipinski definition) is 3. The minimum Gasteiger partial charge on any atom is -0.338 e. The molecule has 0 unspecified atom stereocenters. The number of amides is 1. The van der Waals surface area contributed by atoms with E-state index in [0.29, 0.717) is 36.8 Å². The van der Waals surface area contributed by atoms with Gasteiger partial charge in [-0.3, -0.25) is 4.79 Å². The minimum atomic E-state index is -4.43. The third kappa shape index (κ3) is 4.56. The van der Waals surface area contributed by atoms with Gasteiger partial charge in [0.05, 0.1) is 11.3 Å². The first kappa shape index (κ1) is 21.3. The first-order chi connectivity index (χ1) is 14.7. The van der Waals surface area contributed by atoms with Crippen LogP contribution in [0.2, 0.25) is 5.02 Å². The van der Waals surface area contributed by atoms with Gasteiger partial charge in [-0.25, -0.2) is 9.97 Å². The second-order valence-corrected chi connectivity index (χ2v) is 7.86. The number of rotatable bonds is 2. The fourth-order valence-electron chi connectivity index (χ4n) is 3.76. The molecule has 2 aromatic carbocycles. The Kier molecular flexibility index (Phi) is 5.71. The van der Waals surface area contributed by atoms with Crippen LogP contribution in [0.15, 0.2) is 48.5 Å². The Morgan fingerprint density at radius 3 is 2.26 bits per heavy atom. The average Bonchev–Trinajstić information content (AvgIpc) is 2.95. The molecule has 2 heterocycles. The molecule has 0 saturated carbocycles. The van der Waals surface area contributed by atoms with Crippen LogP contribution < -0.4 is 0 Å². The normalized spacial score (nSPS) is 14.2. The molecule has 3 aromatic rings. The zero-order valence-electron chi connectivity index (χ0n) is 16.7. The Balaban J connectivity index is 1.58. The van der Waals surface area contributed by atoms with Crippen molar-refractivity contribution in [3.8, 4) is 11.3 Å². The summed E-state index contributed by atoms with van der Waals surface area (Å²) in [6, 6.07) is 11.7. The van der Waals surface area contributed by atoms with Gasteiger partial charge in [0.1, 0.15) is 5.82 Å². The van der Waals surface area contributed by atoms with E-state index in [1.165, 1.54) is 12.1 Å². The van der Waals surface area contributed by atoms with Crippen LogP contribution in [0.3, 0.4) is 0 Å². The van der Waals surface area contributed by atoms with Gasteiger partial charge in [-0.1, -0.05) is 23.7 Å². The molecule has 8 heteroatoms. The molecule has 4 rings (SSSR count). The second-order valence-electron chi connectivity index (χ2n) is 7.42. The lowest BCUT2D eigenvalue weighted by molar-refractivity contribution is -0.137. The molecule has 1 aromatic heterocycles. The van der Waals surface area contributed by atoms with Crippen LogP contribution in [0.25, 0.3) is 11.3 Å². The predicted molar refractivity (Wildman–Crippen MR) is 112 cm³/mol. The van der Waals surface area contributed by atoms with Gasteiger partial charge in [-0.15, -0.1) is 0 Å². The standard InChI is InChI=1S/C23H19ClF3N3O/c1-14-28-20-11-13-30(22(31)16-2-6-17(7-3-16)23(25,26)27)12-10-19(20)21(29-14)15-4-8-18(24)9-5-15/h2-9H,10-13H2,1H3. The van der Waals surface area contributed by atoms with E-state index in [0.717, 1.165) is 34.6 Å². The van der Waals surface area contributed by atoms with E-state index < -0.39 is 11.7 Å². The van der Waals surface area contributed by atoms with E-state index in [9.17, 15) is 18.0 Å². The average molecular weight is 446 g/mol. The Bertz CT molecular complexity index is 1110. The third-order valence-corrected chi connectivity index (χ3v) is 5.57. The van der Waals surface area contributed by atoms with Crippen molar-refractivity contribution < 1.29 is 18.0 Å². The maximum absolute atomic E-state index is 12.9. The van der Waals surface area contributed by atoms with Gasteiger partial charge >= 0.3 is 6.18 Å². The fraction of sp³-hybridized carbons (Fsp3) is 0.261. The first-order valence-electron chi connectivity index (χ1n) is 9.81. The quantitative estimate of drug-likeness (QED) is 0.533. The van der Waals surface area contributed by atoms with Crippen LogP contribution in [0.1, 0.15) is 33.0 Å². The summed E-state index contributed by atoms with van der Waals surface area (Å²) >= 11 is 6.01. The number of alkyl halides is 3. The first-order valence-corrected chi connectivity index (χ1v) is 10.2. The molecule has 160 valence electrons. The van der Waals surface area contributed by atoms with Gasteiger partial charge in [0, 0.05) is 46.9 Å². The Morgan fingerprint density at radius 1 is 0.968 bits per heavy atom. The van der Waals surface area contributed by atoms with Crippen LogP contribution in [-0.2, 0) is 19.0 Å². The van der Waals surface area contributed by atoms with Crippen LogP contribution in [0.5, 0.6) is 0 Å². The smallest absolute Gasteiger partial charge is 0.338 e. The van der Waals surface area contributed by atoms with Crippen LogP contribution in [-0.4, -0.2) is 33.9 Å². The largest absolute Gasteiger partial charge is 0.416 e. The maximum Gasteiger partial charge on any atom is 0.416 e. The predicted octanol–water partition coefficient (Wildman–Crippen LogP) is 5.37. The number of nitrogens with zero attached hydrogens (tertiary/aromatic N) is 3. The highest BCUT2D eigenvalue weighted by atomic mass is 35.5. The maximum atomic E-state index is 12.9. The van der Waals surface area contributed by atoms with Crippen molar-refractivity contribution in [1.29, 1.82) is 0 Å². The lowest BCUT2D eigenvalue weighted by atomic mass is 10.0. The van der Waals surface area contributed by atoms with Crippen molar-refractivity contribution in [2.75, 3.05) is 13.1 Å². The molecule has 1 aliphatic rings. The topological polar surface area (TPSA) is 46.1 Å². The number of benzene rings is 2. The van der Waals surface area contributed by atoms with Gasteiger partial charge < -0.3 is 4.90 Å². The fourth-order valence-corrected chi connectivity index (χ4v) is 3.88. The molecule has 1 amide bonds. The van der Waals surface area contributed by atoms with Gasteiger partial charge in [-0.2, -0.15) is 13.2 Å². The second kappa shape index (κ2) is 8.30. The summed E-state index contributed by atoms with van der Waals surface area (Å²) in [6.07, 6.45) is -3.33. The van der Waals surface area contributed by atoms with Crippen LogP contribution in [0.4, 0.5) is 13.2 Å². The molecule has 0 aliphatic carbocycles. The van der Waals surface area contributed by atoms with Gasteiger partial charge in [0.15, 0.2) is 0 Å². The third-order valence-electron chi connectivity index (χ3n) is 5.32. The number of aryl methyl sites for hydroxylation is 1. The summed E-state index contributed by atoms with van der Waals surface area (Å²) < 4.78 is 38.4. The lowest BCUT2D eigenvalue weighted by Gasteiger charge is -2.20. The highest BCUT2D eigenvalue weighted by Crippen LogP contribution is 2.30. The summed E-state index contributed by atoms with van der Waals surface area (Å²) in [6.45, 7) is 2.69. The molecular weight excluding hydrogens is 427 g/mol. The number of hydrogen-bond donors (Lipinski definition) is 0. The zero-order chi connectivity index (χ0) is 22.2. The van der Waals surface area contributed by atoms with E-state index >= 15 is 0 Å². The van der Waals surface area contributed by atoms with Crippen molar-refractivity contribution in [3.63, 3.8) is 0 Å². The number of fused-ring (bicyclic) bond motifs is 1. The highest BCUT2D eigenvalue weighted by molar-refractivity contribution is 6.30. The molecule has 1 aliphatic heterocycles. The summed E-state index contributed by atoms with van der Waals surface area (Å²) in [4.78, 5) is 23.8. The van der Waals surface area contributed by atoms with Crippen molar-refractivity contribution >= 4 is 17.5 Å². The summed E-state index contributed by atoms with van der Waals surface area (Å²) in [5.74, 6) is 0.352. The van der Waals surface area contributed by atoms with Crippen LogP contribution >= 0.6 is 11.6 Å². The Hall–Kier alpha value is -2.93. The molecule has 0 bridgehead atoms. The Morgan fingerprint density at radius 2 is 1.61 bits per heavy atom. The van der Waals surface area contributed by atoms with E-state index in [2.05, 4.69) is 9.97 Å². The summed E-state index contributed by atoms with van der Waals surface area (Å²) in [5.41, 5.74) is 3.08. The molecule has 0 fully saturated rings. The van der Waals surface area contributed by atoms with E-state index in [4.69, 9.17) is 11.6 Å². The molecule has 4 nitrogen and oxygen atoms in total. The van der Waals surface area contributed by atoms with Crippen molar-refractivity contribution in [2.45, 2.75) is 25.9 Å². The monoisotopic (exact) mass is 445 g/mol. The Labute approximate surface area is 182 Å². The number of aromatic nitrogens is 2.